The van der Waals surface area contributed by atoms with Gasteiger partial charge in [0.1, 0.15) is 5.82 Å². The van der Waals surface area contributed by atoms with Crippen LogP contribution in [0, 0.1) is 28.9 Å². The van der Waals surface area contributed by atoms with Crippen molar-refractivity contribution in [1.82, 2.24) is 4.98 Å². The Hall–Kier alpha value is -1.65. The van der Waals surface area contributed by atoms with Crippen molar-refractivity contribution in [3.8, 4) is 0 Å². The zero-order valence-electron chi connectivity index (χ0n) is 12.3. The van der Waals surface area contributed by atoms with Crippen molar-refractivity contribution in [3.63, 3.8) is 0 Å². The normalized spacial score (nSPS) is 22.5. The highest BCUT2D eigenvalue weighted by molar-refractivity contribution is 5.48. The van der Waals surface area contributed by atoms with Crippen LogP contribution in [-0.2, 0) is 0 Å². The molecule has 1 saturated carbocycles. The van der Waals surface area contributed by atoms with Gasteiger partial charge < -0.3 is 5.32 Å². The van der Waals surface area contributed by atoms with E-state index in [1.54, 1.807) is 13.1 Å². The number of anilines is 1. The van der Waals surface area contributed by atoms with Gasteiger partial charge in [0.05, 0.1) is 11.0 Å². The maximum Gasteiger partial charge on any atom is 0.277 e. The van der Waals surface area contributed by atoms with Crippen molar-refractivity contribution in [2.24, 2.45) is 11.8 Å². The zero-order valence-corrected chi connectivity index (χ0v) is 12.3. The number of rotatable bonds is 5. The number of nitrogens with one attached hydrogen (secondary N) is 1. The molecule has 0 atom stereocenters. The van der Waals surface area contributed by atoms with E-state index in [9.17, 15) is 10.1 Å². The number of hydrogen-bond donors (Lipinski definition) is 1. The van der Waals surface area contributed by atoms with E-state index in [1.165, 1.54) is 31.7 Å². The first-order valence-corrected chi connectivity index (χ1v) is 7.41. The van der Waals surface area contributed by atoms with Gasteiger partial charge in [-0.3, -0.25) is 10.1 Å². The van der Waals surface area contributed by atoms with Crippen LogP contribution in [0.2, 0.25) is 0 Å². The van der Waals surface area contributed by atoms with E-state index in [0.29, 0.717) is 11.4 Å². The predicted octanol–water partition coefficient (Wildman–Crippen LogP) is 3.93. The molecule has 0 unspecified atom stereocenters. The largest absolute Gasteiger partial charge is 0.370 e. The maximum absolute atomic E-state index is 10.9. The zero-order chi connectivity index (χ0) is 14.5. The van der Waals surface area contributed by atoms with E-state index < -0.39 is 0 Å². The van der Waals surface area contributed by atoms with Gasteiger partial charge in [0.2, 0.25) is 0 Å². The van der Waals surface area contributed by atoms with Crippen LogP contribution in [0.5, 0.6) is 0 Å². The summed E-state index contributed by atoms with van der Waals surface area (Å²) in [5.41, 5.74) is 0.732. The van der Waals surface area contributed by atoms with Crippen LogP contribution in [0.25, 0.3) is 0 Å². The Kier molecular flexibility index (Phi) is 4.93. The van der Waals surface area contributed by atoms with Crippen molar-refractivity contribution in [1.29, 1.82) is 0 Å². The lowest BCUT2D eigenvalue weighted by molar-refractivity contribution is -0.385. The summed E-state index contributed by atoms with van der Waals surface area (Å²) in [5.74, 6) is 2.27. The van der Waals surface area contributed by atoms with Gasteiger partial charge in [-0.2, -0.15) is 0 Å². The molecule has 2 rings (SSSR count). The van der Waals surface area contributed by atoms with Crippen LogP contribution in [0.15, 0.2) is 12.3 Å². The van der Waals surface area contributed by atoms with Gasteiger partial charge in [0.15, 0.2) is 0 Å². The van der Waals surface area contributed by atoms with Crippen molar-refractivity contribution < 1.29 is 4.92 Å². The van der Waals surface area contributed by atoms with Crippen molar-refractivity contribution in [3.05, 3.63) is 27.9 Å². The van der Waals surface area contributed by atoms with E-state index in [-0.39, 0.29) is 10.6 Å². The van der Waals surface area contributed by atoms with Crippen molar-refractivity contribution in [2.45, 2.75) is 46.0 Å². The highest BCUT2D eigenvalue weighted by atomic mass is 16.6. The molecule has 1 aromatic heterocycles. The number of nitro groups is 1. The molecule has 0 radical (unpaired) electrons. The number of hydrogen-bond acceptors (Lipinski definition) is 4. The molecule has 20 heavy (non-hydrogen) atoms. The molecule has 1 aromatic rings. The molecule has 5 nitrogen and oxygen atoms in total. The third kappa shape index (κ3) is 3.92. The van der Waals surface area contributed by atoms with E-state index in [4.69, 9.17) is 0 Å². The lowest BCUT2D eigenvalue weighted by Gasteiger charge is -2.26. The van der Waals surface area contributed by atoms with Crippen LogP contribution in [0.1, 0.15) is 44.6 Å². The number of pyridine rings is 1. The summed E-state index contributed by atoms with van der Waals surface area (Å²) in [7, 11) is 0. The summed E-state index contributed by atoms with van der Waals surface area (Å²) in [6.07, 6.45) is 7.96. The monoisotopic (exact) mass is 277 g/mol. The van der Waals surface area contributed by atoms with Crippen molar-refractivity contribution >= 4 is 11.5 Å². The van der Waals surface area contributed by atoms with E-state index in [0.717, 1.165) is 24.8 Å². The molecule has 1 aliphatic carbocycles. The van der Waals surface area contributed by atoms with Gasteiger partial charge in [-0.15, -0.1) is 0 Å². The summed E-state index contributed by atoms with van der Waals surface area (Å²) < 4.78 is 0. The fraction of sp³-hybridized carbons (Fsp3) is 0.667. The second-order valence-corrected chi connectivity index (χ2v) is 5.95. The predicted molar refractivity (Wildman–Crippen MR) is 79.9 cm³/mol. The molecule has 110 valence electrons. The van der Waals surface area contributed by atoms with Crippen LogP contribution in [0.3, 0.4) is 0 Å². The Morgan fingerprint density at radius 2 is 2.10 bits per heavy atom. The van der Waals surface area contributed by atoms with Gasteiger partial charge in [-0.1, -0.05) is 32.6 Å². The minimum absolute atomic E-state index is 0.133. The van der Waals surface area contributed by atoms with Crippen molar-refractivity contribution in [2.75, 3.05) is 11.9 Å². The summed E-state index contributed by atoms with van der Waals surface area (Å²) in [6.45, 7) is 4.87. The maximum atomic E-state index is 10.9. The Bertz CT molecular complexity index is 468. The highest BCUT2D eigenvalue weighted by Crippen LogP contribution is 2.30. The average Bonchev–Trinajstić information content (AvgIpc) is 2.42. The first-order chi connectivity index (χ1) is 9.56. The molecule has 0 amide bonds. The minimum Gasteiger partial charge on any atom is -0.370 e. The molecular weight excluding hydrogens is 254 g/mol. The van der Waals surface area contributed by atoms with Gasteiger partial charge in [-0.05, 0) is 25.2 Å². The van der Waals surface area contributed by atoms with Crippen LogP contribution < -0.4 is 5.32 Å². The lowest BCUT2D eigenvalue weighted by Crippen LogP contribution is -2.16. The first-order valence-electron chi connectivity index (χ1n) is 7.41. The molecule has 5 heteroatoms. The summed E-state index contributed by atoms with van der Waals surface area (Å²) in [6, 6.07) is 1.53. The Morgan fingerprint density at radius 3 is 2.75 bits per heavy atom. The topological polar surface area (TPSA) is 68.1 Å². The third-order valence-corrected chi connectivity index (χ3v) is 4.27. The lowest BCUT2D eigenvalue weighted by atomic mass is 9.81. The van der Waals surface area contributed by atoms with Crippen LogP contribution in [-0.4, -0.2) is 16.5 Å². The van der Waals surface area contributed by atoms with E-state index in [1.807, 2.05) is 0 Å². The SMILES string of the molecule is Cc1cnc(NCCC2CCC(C)CC2)cc1[N+](=O)[O-]. The standard InChI is InChI=1S/C15H23N3O2/c1-11-3-5-13(6-4-11)7-8-16-15-9-14(18(19)20)12(2)10-17-15/h9-11,13H,3-8H2,1-2H3,(H,16,17). The summed E-state index contributed by atoms with van der Waals surface area (Å²) in [5, 5.41) is 14.1. The molecule has 1 aliphatic rings. The van der Waals surface area contributed by atoms with Gasteiger partial charge in [-0.25, -0.2) is 4.98 Å². The molecule has 0 aliphatic heterocycles. The third-order valence-electron chi connectivity index (χ3n) is 4.27. The first kappa shape index (κ1) is 14.8. The minimum atomic E-state index is -0.356. The second kappa shape index (κ2) is 6.68. The fourth-order valence-corrected chi connectivity index (χ4v) is 2.83. The molecule has 0 aromatic carbocycles. The molecular formula is C15H23N3O2. The average molecular weight is 277 g/mol. The Balaban J connectivity index is 1.82. The highest BCUT2D eigenvalue weighted by Gasteiger charge is 2.18. The smallest absolute Gasteiger partial charge is 0.277 e. The second-order valence-electron chi connectivity index (χ2n) is 5.95. The number of aryl methyl sites for hydroxylation is 1. The molecule has 0 bridgehead atoms. The summed E-state index contributed by atoms with van der Waals surface area (Å²) >= 11 is 0. The Morgan fingerprint density at radius 1 is 1.40 bits per heavy atom. The van der Waals surface area contributed by atoms with Crippen LogP contribution >= 0.6 is 0 Å². The molecule has 1 heterocycles. The summed E-state index contributed by atoms with van der Waals surface area (Å²) in [4.78, 5) is 14.7. The van der Waals surface area contributed by atoms with Gasteiger partial charge >= 0.3 is 0 Å². The molecule has 0 spiro atoms. The molecule has 1 fully saturated rings. The van der Waals surface area contributed by atoms with E-state index >= 15 is 0 Å². The molecule has 0 saturated heterocycles. The van der Waals surface area contributed by atoms with Crippen LogP contribution in [0.4, 0.5) is 11.5 Å². The number of nitrogens with zero attached hydrogens (tertiary/aromatic N) is 2. The van der Waals surface area contributed by atoms with Gasteiger partial charge in [0.25, 0.3) is 5.69 Å². The van der Waals surface area contributed by atoms with Gasteiger partial charge in [0, 0.05) is 18.3 Å². The van der Waals surface area contributed by atoms with E-state index in [2.05, 4.69) is 17.2 Å². The fourth-order valence-electron chi connectivity index (χ4n) is 2.83. The quantitative estimate of drug-likeness (QED) is 0.654. The Labute approximate surface area is 119 Å². The molecule has 1 N–H and O–H groups in total. The number of aromatic nitrogens is 1.